The second-order valence-electron chi connectivity index (χ2n) is 9.53. The van der Waals surface area contributed by atoms with Crippen molar-refractivity contribution in [2.45, 2.75) is 65.8 Å². The largest absolute Gasteiger partial charge is 0.444 e. The molecule has 0 aliphatic carbocycles. The summed E-state index contributed by atoms with van der Waals surface area (Å²) in [6.07, 6.45) is -1.00. The quantitative estimate of drug-likeness (QED) is 0.239. The first kappa shape index (κ1) is 28.4. The van der Waals surface area contributed by atoms with Crippen LogP contribution in [0.25, 0.3) is 20.9 Å². The standard InChI is InChI=1S/C22H34N8O4/c1-21(2,3)33-19(31)29(13-11-25-27-23)15-17-7-9-18(10-8-17)16-30(14-12-26-28-24)20(32)34-22(4,5)6/h7-10H,11-16H2,1-6H3. The van der Waals surface area contributed by atoms with Crippen LogP contribution in [0.4, 0.5) is 9.59 Å². The number of benzene rings is 1. The van der Waals surface area contributed by atoms with E-state index in [1.165, 1.54) is 9.80 Å². The lowest BCUT2D eigenvalue weighted by Crippen LogP contribution is -2.38. The Bertz CT molecular complexity index is 833. The van der Waals surface area contributed by atoms with Crippen molar-refractivity contribution in [1.29, 1.82) is 0 Å². The predicted octanol–water partition coefficient (Wildman–Crippen LogP) is 5.78. The Hall–Kier alpha value is -3.62. The highest BCUT2D eigenvalue weighted by Gasteiger charge is 2.23. The Morgan fingerprint density at radius 1 is 0.765 bits per heavy atom. The van der Waals surface area contributed by atoms with Crippen molar-refractivity contribution >= 4 is 12.2 Å². The summed E-state index contributed by atoms with van der Waals surface area (Å²) < 4.78 is 10.9. The first-order valence-electron chi connectivity index (χ1n) is 10.9. The maximum atomic E-state index is 12.6. The van der Waals surface area contributed by atoms with E-state index in [1.54, 1.807) is 41.5 Å². The van der Waals surface area contributed by atoms with E-state index in [4.69, 9.17) is 20.5 Å². The molecule has 0 bridgehead atoms. The van der Waals surface area contributed by atoms with Crippen LogP contribution < -0.4 is 0 Å². The van der Waals surface area contributed by atoms with Gasteiger partial charge in [-0.2, -0.15) is 0 Å². The maximum Gasteiger partial charge on any atom is 0.410 e. The van der Waals surface area contributed by atoms with E-state index in [0.717, 1.165) is 11.1 Å². The van der Waals surface area contributed by atoms with Gasteiger partial charge in [0.15, 0.2) is 0 Å². The Labute approximate surface area is 200 Å². The summed E-state index contributed by atoms with van der Waals surface area (Å²) in [5, 5.41) is 7.01. The molecule has 0 heterocycles. The first-order chi connectivity index (χ1) is 15.8. The number of hydrogen-bond donors (Lipinski definition) is 0. The second kappa shape index (κ2) is 13.2. The van der Waals surface area contributed by atoms with Crippen LogP contribution in [0.2, 0.25) is 0 Å². The van der Waals surface area contributed by atoms with Gasteiger partial charge in [0.25, 0.3) is 0 Å². The number of nitrogens with zero attached hydrogens (tertiary/aromatic N) is 8. The molecule has 12 nitrogen and oxygen atoms in total. The number of hydrogen-bond acceptors (Lipinski definition) is 6. The third-order valence-corrected chi connectivity index (χ3v) is 4.14. The van der Waals surface area contributed by atoms with Gasteiger partial charge in [0.05, 0.1) is 0 Å². The molecular formula is C22H34N8O4. The molecule has 1 aromatic rings. The molecule has 0 unspecified atom stereocenters. The molecule has 1 aromatic carbocycles. The highest BCUT2D eigenvalue weighted by Crippen LogP contribution is 2.16. The van der Waals surface area contributed by atoms with Gasteiger partial charge in [0.1, 0.15) is 11.2 Å². The molecule has 186 valence electrons. The molecule has 0 spiro atoms. The molecule has 0 atom stereocenters. The number of rotatable bonds is 10. The zero-order valence-electron chi connectivity index (χ0n) is 20.8. The number of amides is 2. The van der Waals surface area contributed by atoms with Crippen molar-refractivity contribution in [2.24, 2.45) is 10.2 Å². The Balaban J connectivity index is 2.94. The minimum atomic E-state index is -0.654. The number of azide groups is 2. The lowest BCUT2D eigenvalue weighted by molar-refractivity contribution is 0.0228. The topological polar surface area (TPSA) is 157 Å². The van der Waals surface area contributed by atoms with Crippen molar-refractivity contribution in [3.05, 3.63) is 56.3 Å². The molecule has 0 radical (unpaired) electrons. The van der Waals surface area contributed by atoms with Gasteiger partial charge in [0.2, 0.25) is 0 Å². The highest BCUT2D eigenvalue weighted by molar-refractivity contribution is 5.68. The van der Waals surface area contributed by atoms with Gasteiger partial charge in [0, 0.05) is 49.1 Å². The van der Waals surface area contributed by atoms with Crippen LogP contribution in [0.1, 0.15) is 52.7 Å². The summed E-state index contributed by atoms with van der Waals surface area (Å²) in [5.41, 5.74) is 17.4. The molecule has 0 aromatic heterocycles. The van der Waals surface area contributed by atoms with Gasteiger partial charge in [-0.25, -0.2) is 9.59 Å². The average Bonchev–Trinajstić information content (AvgIpc) is 2.71. The summed E-state index contributed by atoms with van der Waals surface area (Å²) in [7, 11) is 0. The Morgan fingerprint density at radius 2 is 1.09 bits per heavy atom. The average molecular weight is 475 g/mol. The van der Waals surface area contributed by atoms with E-state index in [-0.39, 0.29) is 39.3 Å². The van der Waals surface area contributed by atoms with Crippen molar-refractivity contribution in [2.75, 3.05) is 26.2 Å². The van der Waals surface area contributed by atoms with E-state index in [9.17, 15) is 9.59 Å². The van der Waals surface area contributed by atoms with Crippen LogP contribution in [0, 0.1) is 0 Å². The predicted molar refractivity (Wildman–Crippen MR) is 128 cm³/mol. The van der Waals surface area contributed by atoms with E-state index in [0.29, 0.717) is 0 Å². The minimum absolute atomic E-state index is 0.129. The molecule has 0 saturated heterocycles. The van der Waals surface area contributed by atoms with E-state index in [2.05, 4.69) is 20.1 Å². The van der Waals surface area contributed by atoms with Crippen LogP contribution >= 0.6 is 0 Å². The summed E-state index contributed by atoms with van der Waals surface area (Å²) in [6, 6.07) is 7.39. The first-order valence-corrected chi connectivity index (χ1v) is 10.9. The Kier molecular flexibility index (Phi) is 11.0. The van der Waals surface area contributed by atoms with Crippen LogP contribution in [0.3, 0.4) is 0 Å². The zero-order valence-corrected chi connectivity index (χ0v) is 20.8. The normalized spacial score (nSPS) is 11.0. The van der Waals surface area contributed by atoms with Gasteiger partial charge in [-0.1, -0.05) is 34.5 Å². The van der Waals surface area contributed by atoms with Crippen molar-refractivity contribution < 1.29 is 19.1 Å². The van der Waals surface area contributed by atoms with Crippen LogP contribution in [0.5, 0.6) is 0 Å². The van der Waals surface area contributed by atoms with Gasteiger partial charge >= 0.3 is 12.2 Å². The van der Waals surface area contributed by atoms with E-state index in [1.807, 2.05) is 24.3 Å². The minimum Gasteiger partial charge on any atom is -0.444 e. The highest BCUT2D eigenvalue weighted by atomic mass is 16.6. The second-order valence-corrected chi connectivity index (χ2v) is 9.53. The lowest BCUT2D eigenvalue weighted by Gasteiger charge is -2.28. The molecule has 12 heteroatoms. The molecule has 1 rings (SSSR count). The van der Waals surface area contributed by atoms with Crippen LogP contribution in [-0.2, 0) is 22.6 Å². The summed E-state index contributed by atoms with van der Waals surface area (Å²) in [4.78, 5) is 33.5. The molecule has 0 saturated carbocycles. The fourth-order valence-electron chi connectivity index (χ4n) is 2.73. The van der Waals surface area contributed by atoms with Crippen molar-refractivity contribution in [3.63, 3.8) is 0 Å². The summed E-state index contributed by atoms with van der Waals surface area (Å²) in [5.74, 6) is 0. The SMILES string of the molecule is CC(C)(C)OC(=O)N(CCN=[N+]=[N-])Cc1ccc(CN(CCN=[N+]=[N-])C(=O)OC(C)(C)C)cc1. The number of carbonyl (C=O) groups excluding carboxylic acids is 2. The van der Waals surface area contributed by atoms with Gasteiger partial charge < -0.3 is 19.3 Å². The molecule has 2 amide bonds. The number of carbonyl (C=O) groups is 2. The van der Waals surface area contributed by atoms with E-state index < -0.39 is 23.4 Å². The number of ether oxygens (including phenoxy) is 2. The van der Waals surface area contributed by atoms with Crippen LogP contribution in [-0.4, -0.2) is 59.4 Å². The van der Waals surface area contributed by atoms with Crippen LogP contribution in [0.15, 0.2) is 34.5 Å². The molecular weight excluding hydrogens is 440 g/mol. The summed E-state index contributed by atoms with van der Waals surface area (Å²) in [6.45, 7) is 11.9. The Morgan fingerprint density at radius 3 is 1.35 bits per heavy atom. The molecule has 0 aliphatic heterocycles. The molecule has 0 fully saturated rings. The molecule has 0 aliphatic rings. The smallest absolute Gasteiger partial charge is 0.410 e. The van der Waals surface area contributed by atoms with Crippen molar-refractivity contribution in [3.8, 4) is 0 Å². The lowest BCUT2D eigenvalue weighted by atomic mass is 10.1. The zero-order chi connectivity index (χ0) is 25.8. The monoisotopic (exact) mass is 474 g/mol. The third kappa shape index (κ3) is 11.8. The van der Waals surface area contributed by atoms with E-state index >= 15 is 0 Å². The fraction of sp³-hybridized carbons (Fsp3) is 0.636. The van der Waals surface area contributed by atoms with Crippen molar-refractivity contribution in [1.82, 2.24) is 9.80 Å². The van der Waals surface area contributed by atoms with Gasteiger partial charge in [-0.3, -0.25) is 0 Å². The third-order valence-electron chi connectivity index (χ3n) is 4.14. The van der Waals surface area contributed by atoms with Gasteiger partial charge in [-0.05, 0) is 63.7 Å². The molecule has 34 heavy (non-hydrogen) atoms. The summed E-state index contributed by atoms with van der Waals surface area (Å²) >= 11 is 0. The van der Waals surface area contributed by atoms with Gasteiger partial charge in [-0.15, -0.1) is 0 Å². The fourth-order valence-corrected chi connectivity index (χ4v) is 2.73. The molecule has 0 N–H and O–H groups in total. The maximum absolute atomic E-state index is 12.6.